The Kier molecular flexibility index (Phi) is 7.28. The van der Waals surface area contributed by atoms with Gasteiger partial charge in [-0.05, 0) is 25.1 Å². The van der Waals surface area contributed by atoms with E-state index in [0.717, 1.165) is 5.56 Å². The van der Waals surface area contributed by atoms with Crippen LogP contribution in [0.2, 0.25) is 0 Å². The van der Waals surface area contributed by atoms with Crippen molar-refractivity contribution >= 4 is 12.1 Å². The molecule has 140 valence electrons. The lowest BCUT2D eigenvalue weighted by Crippen LogP contribution is -2.25. The fraction of sp³-hybridized carbons (Fsp3) is 0.263. The summed E-state index contributed by atoms with van der Waals surface area (Å²) in [6.45, 7) is 1.68. The Bertz CT molecular complexity index is 874. The molecule has 0 saturated heterocycles. The van der Waals surface area contributed by atoms with Gasteiger partial charge in [0.1, 0.15) is 17.4 Å². The van der Waals surface area contributed by atoms with E-state index in [0.29, 0.717) is 17.0 Å². The van der Waals surface area contributed by atoms with Gasteiger partial charge < -0.3 is 14.2 Å². The maximum Gasteiger partial charge on any atom is 0.278 e. The number of ether oxygens (including phenoxy) is 3. The van der Waals surface area contributed by atoms with Crippen LogP contribution in [0.15, 0.2) is 35.4 Å². The van der Waals surface area contributed by atoms with E-state index in [-0.39, 0.29) is 24.7 Å². The Morgan fingerprint density at radius 2 is 2.15 bits per heavy atom. The number of carbonyl (C=O) groups excluding carboxylic acids is 1. The summed E-state index contributed by atoms with van der Waals surface area (Å²) in [6, 6.07) is 11.0. The zero-order valence-corrected chi connectivity index (χ0v) is 15.4. The van der Waals surface area contributed by atoms with E-state index < -0.39 is 5.91 Å². The Morgan fingerprint density at radius 3 is 2.85 bits per heavy atom. The van der Waals surface area contributed by atoms with Gasteiger partial charge in [-0.1, -0.05) is 12.1 Å². The minimum Gasteiger partial charge on any atom is -0.496 e. The lowest BCUT2D eigenvalue weighted by atomic mass is 10.1. The molecule has 1 aromatic carbocycles. The van der Waals surface area contributed by atoms with Crippen LogP contribution in [0.5, 0.6) is 11.6 Å². The molecule has 1 heterocycles. The van der Waals surface area contributed by atoms with Crippen LogP contribution in [0.4, 0.5) is 0 Å². The molecule has 0 aliphatic rings. The van der Waals surface area contributed by atoms with E-state index in [1.165, 1.54) is 13.3 Å². The number of hydrogen-bond acceptors (Lipinski definition) is 7. The molecule has 0 unspecified atom stereocenters. The number of hydrazone groups is 1. The number of pyridine rings is 1. The highest BCUT2D eigenvalue weighted by Crippen LogP contribution is 2.21. The van der Waals surface area contributed by atoms with Crippen molar-refractivity contribution in [3.8, 4) is 17.7 Å². The van der Waals surface area contributed by atoms with E-state index in [9.17, 15) is 10.1 Å². The number of rotatable bonds is 8. The van der Waals surface area contributed by atoms with Crippen LogP contribution in [-0.4, -0.2) is 37.9 Å². The highest BCUT2D eigenvalue weighted by atomic mass is 16.5. The largest absolute Gasteiger partial charge is 0.496 e. The quantitative estimate of drug-likeness (QED) is 0.564. The molecule has 2 aromatic rings. The van der Waals surface area contributed by atoms with Crippen molar-refractivity contribution in [3.63, 3.8) is 0 Å². The van der Waals surface area contributed by atoms with Crippen LogP contribution >= 0.6 is 0 Å². The number of amides is 1. The van der Waals surface area contributed by atoms with Gasteiger partial charge in [-0.25, -0.2) is 10.4 Å². The summed E-state index contributed by atoms with van der Waals surface area (Å²) in [5, 5.41) is 13.2. The van der Waals surface area contributed by atoms with Crippen LogP contribution in [0, 0.1) is 18.3 Å². The molecule has 0 aliphatic heterocycles. The summed E-state index contributed by atoms with van der Waals surface area (Å²) in [5.41, 5.74) is 4.63. The van der Waals surface area contributed by atoms with Crippen LogP contribution in [0.25, 0.3) is 0 Å². The molecule has 0 saturated carbocycles. The van der Waals surface area contributed by atoms with E-state index in [4.69, 9.17) is 14.2 Å². The molecule has 1 aromatic heterocycles. The highest BCUT2D eigenvalue weighted by Gasteiger charge is 2.14. The molecule has 0 fully saturated rings. The zero-order valence-electron chi connectivity index (χ0n) is 15.4. The summed E-state index contributed by atoms with van der Waals surface area (Å²) in [4.78, 5) is 16.1. The van der Waals surface area contributed by atoms with Gasteiger partial charge in [0, 0.05) is 23.9 Å². The van der Waals surface area contributed by atoms with Crippen molar-refractivity contribution in [1.82, 2.24) is 10.4 Å². The Balaban J connectivity index is 2.00. The summed E-state index contributed by atoms with van der Waals surface area (Å²) < 4.78 is 15.7. The van der Waals surface area contributed by atoms with Gasteiger partial charge in [0.05, 0.1) is 19.9 Å². The molecule has 0 aliphatic carbocycles. The van der Waals surface area contributed by atoms with E-state index in [1.54, 1.807) is 32.2 Å². The monoisotopic (exact) mass is 368 g/mol. The second-order valence-corrected chi connectivity index (χ2v) is 5.47. The summed E-state index contributed by atoms with van der Waals surface area (Å²) >= 11 is 0. The predicted molar refractivity (Wildman–Crippen MR) is 98.6 cm³/mol. The summed E-state index contributed by atoms with van der Waals surface area (Å²) in [5.74, 6) is 0.245. The van der Waals surface area contributed by atoms with Gasteiger partial charge in [0.15, 0.2) is 6.61 Å². The average Bonchev–Trinajstić information content (AvgIpc) is 2.67. The zero-order chi connectivity index (χ0) is 19.6. The van der Waals surface area contributed by atoms with Crippen molar-refractivity contribution in [3.05, 3.63) is 52.7 Å². The summed E-state index contributed by atoms with van der Waals surface area (Å²) in [7, 11) is 3.09. The first-order valence-corrected chi connectivity index (χ1v) is 8.06. The van der Waals surface area contributed by atoms with Crippen molar-refractivity contribution in [1.29, 1.82) is 5.26 Å². The van der Waals surface area contributed by atoms with Crippen LogP contribution in [0.1, 0.15) is 22.4 Å². The molecular weight excluding hydrogens is 348 g/mol. The normalized spacial score (nSPS) is 10.4. The molecule has 1 N–H and O–H groups in total. The van der Waals surface area contributed by atoms with Gasteiger partial charge >= 0.3 is 0 Å². The number of methoxy groups -OCH3 is 2. The van der Waals surface area contributed by atoms with Crippen molar-refractivity contribution in [2.24, 2.45) is 5.10 Å². The maximum absolute atomic E-state index is 11.9. The molecule has 0 atom stereocenters. The third-order valence-corrected chi connectivity index (χ3v) is 3.48. The number of nitrogens with one attached hydrogen (secondary N) is 1. The van der Waals surface area contributed by atoms with Gasteiger partial charge in [-0.15, -0.1) is 0 Å². The Hall–Kier alpha value is -3.44. The molecule has 2 rings (SSSR count). The SMILES string of the molecule is COCc1cc(C)nc(OCC(=O)NN=Cc2ccccc2OC)c1C#N. The molecule has 0 bridgehead atoms. The van der Waals surface area contributed by atoms with Gasteiger partial charge in [-0.2, -0.15) is 10.4 Å². The minimum atomic E-state index is -0.485. The van der Waals surface area contributed by atoms with Crippen LogP contribution < -0.4 is 14.9 Å². The molecule has 8 heteroatoms. The molecule has 27 heavy (non-hydrogen) atoms. The average molecular weight is 368 g/mol. The lowest BCUT2D eigenvalue weighted by molar-refractivity contribution is -0.123. The number of hydrogen-bond donors (Lipinski definition) is 1. The standard InChI is InChI=1S/C19H20N4O4/c1-13-8-15(11-25-2)16(9-20)19(22-13)27-12-18(24)23-21-10-14-6-4-5-7-17(14)26-3/h4-8,10H,11-12H2,1-3H3,(H,23,24). The number of nitrogens with zero attached hydrogens (tertiary/aromatic N) is 3. The second-order valence-electron chi connectivity index (χ2n) is 5.47. The number of carbonyl (C=O) groups is 1. The molecule has 0 radical (unpaired) electrons. The van der Waals surface area contributed by atoms with Crippen molar-refractivity contribution in [2.75, 3.05) is 20.8 Å². The minimum absolute atomic E-state index is 0.0911. The Morgan fingerprint density at radius 1 is 1.37 bits per heavy atom. The number of benzene rings is 1. The van der Waals surface area contributed by atoms with E-state index >= 15 is 0 Å². The van der Waals surface area contributed by atoms with Gasteiger partial charge in [-0.3, -0.25) is 4.79 Å². The fourth-order valence-corrected chi connectivity index (χ4v) is 2.32. The van der Waals surface area contributed by atoms with Crippen molar-refractivity contribution in [2.45, 2.75) is 13.5 Å². The summed E-state index contributed by atoms with van der Waals surface area (Å²) in [6.07, 6.45) is 1.47. The number of nitriles is 1. The first-order valence-electron chi connectivity index (χ1n) is 8.06. The number of aromatic nitrogens is 1. The number of aryl methyl sites for hydroxylation is 1. The molecule has 0 spiro atoms. The van der Waals surface area contributed by atoms with E-state index in [1.807, 2.05) is 18.2 Å². The molecule has 1 amide bonds. The fourth-order valence-electron chi connectivity index (χ4n) is 2.32. The first-order chi connectivity index (χ1) is 13.1. The van der Waals surface area contributed by atoms with Gasteiger partial charge in [0.2, 0.25) is 5.88 Å². The second kappa shape index (κ2) is 9.89. The smallest absolute Gasteiger partial charge is 0.278 e. The maximum atomic E-state index is 11.9. The molecule has 8 nitrogen and oxygen atoms in total. The first kappa shape index (κ1) is 19.9. The van der Waals surface area contributed by atoms with Crippen molar-refractivity contribution < 1.29 is 19.0 Å². The molecular formula is C19H20N4O4. The lowest BCUT2D eigenvalue weighted by Gasteiger charge is -2.10. The number of para-hydroxylation sites is 1. The van der Waals surface area contributed by atoms with Crippen LogP contribution in [-0.2, 0) is 16.1 Å². The third kappa shape index (κ3) is 5.52. The Labute approximate surface area is 157 Å². The topological polar surface area (TPSA) is 106 Å². The predicted octanol–water partition coefficient (Wildman–Crippen LogP) is 1.95. The third-order valence-electron chi connectivity index (χ3n) is 3.48. The van der Waals surface area contributed by atoms with E-state index in [2.05, 4.69) is 15.5 Å². The van der Waals surface area contributed by atoms with Crippen LogP contribution in [0.3, 0.4) is 0 Å². The van der Waals surface area contributed by atoms with Gasteiger partial charge in [0.25, 0.3) is 5.91 Å². The highest BCUT2D eigenvalue weighted by molar-refractivity contribution is 5.85.